The number of H-pyrrole nitrogens is 1. The maximum Gasteiger partial charge on any atom is 0.345 e. The zero-order valence-corrected chi connectivity index (χ0v) is 17.5. The number of carboxylic acids is 1. The van der Waals surface area contributed by atoms with Crippen LogP contribution in [0.15, 0.2) is 23.0 Å². The lowest BCUT2D eigenvalue weighted by atomic mass is 9.87. The summed E-state index contributed by atoms with van der Waals surface area (Å²) in [5.74, 6) is -1.83. The molecule has 0 unspecified atom stereocenters. The molecule has 2 aromatic heterocycles. The first-order valence-electron chi connectivity index (χ1n) is 9.99. The summed E-state index contributed by atoms with van der Waals surface area (Å²) in [5.41, 5.74) is 4.04. The summed E-state index contributed by atoms with van der Waals surface area (Å²) in [6, 6.07) is 6.39. The molecule has 0 atom stereocenters. The van der Waals surface area contributed by atoms with Gasteiger partial charge in [-0.15, -0.1) is 12.4 Å². The van der Waals surface area contributed by atoms with Gasteiger partial charge < -0.3 is 19.8 Å². The van der Waals surface area contributed by atoms with Crippen molar-refractivity contribution in [2.24, 2.45) is 7.05 Å². The number of likely N-dealkylation sites (tertiary alicyclic amines) is 1. The van der Waals surface area contributed by atoms with Crippen LogP contribution in [-0.2, 0) is 26.4 Å². The Morgan fingerprint density at radius 1 is 1.17 bits per heavy atom. The molecule has 3 N–H and O–H groups in total. The molecule has 5 rings (SSSR count). The van der Waals surface area contributed by atoms with Crippen LogP contribution in [0.4, 0.5) is 0 Å². The van der Waals surface area contributed by atoms with Crippen LogP contribution in [0.1, 0.15) is 40.0 Å². The average molecular weight is 430 g/mol. The van der Waals surface area contributed by atoms with E-state index in [1.165, 1.54) is 18.5 Å². The molecule has 3 aromatic rings. The number of aromatic amines is 1. The van der Waals surface area contributed by atoms with Crippen molar-refractivity contribution < 1.29 is 15.0 Å². The number of carboxylic acid groups (broad SMARTS) is 1. The number of nitrogens with zero attached hydrogens (tertiary/aromatic N) is 2. The third kappa shape index (κ3) is 3.09. The SMILES string of the molecule is Cl.Cn1c(CN2CCCC2)cc2cc3c(cc21)CCc1c-3[nH]c(=O)c(C(=O)O)c1O. The number of aromatic nitrogens is 2. The van der Waals surface area contributed by atoms with Crippen LogP contribution in [-0.4, -0.2) is 43.7 Å². The Bertz CT molecular complexity index is 1220. The summed E-state index contributed by atoms with van der Waals surface area (Å²) < 4.78 is 2.23. The van der Waals surface area contributed by atoms with E-state index in [0.717, 1.165) is 41.7 Å². The van der Waals surface area contributed by atoms with Crippen LogP contribution in [0.5, 0.6) is 5.75 Å². The third-order valence-corrected chi connectivity index (χ3v) is 6.37. The van der Waals surface area contributed by atoms with Crippen molar-refractivity contribution in [2.75, 3.05) is 13.1 Å². The number of aromatic hydroxyl groups is 1. The standard InChI is InChI=1S/C22H23N3O4.ClH/c1-24-14(11-25-6-2-3-7-25)8-13-9-16-12(10-17(13)24)4-5-15-19(16)23-21(27)18(20(15)26)22(28)29;/h8-10H,2-7,11H2,1H3,(H,28,29)(H2,23,26,27);1H. The molecule has 2 aliphatic rings. The van der Waals surface area contributed by atoms with Crippen LogP contribution in [0, 0.1) is 0 Å². The maximum atomic E-state index is 12.3. The summed E-state index contributed by atoms with van der Waals surface area (Å²) in [7, 11) is 2.09. The Balaban J connectivity index is 0.00000218. The number of carbonyl (C=O) groups is 1. The highest BCUT2D eigenvalue weighted by molar-refractivity contribution is 5.94. The van der Waals surface area contributed by atoms with Gasteiger partial charge in [-0.25, -0.2) is 4.79 Å². The summed E-state index contributed by atoms with van der Waals surface area (Å²) in [6.45, 7) is 3.20. The molecule has 0 amide bonds. The zero-order chi connectivity index (χ0) is 20.3. The van der Waals surface area contributed by atoms with E-state index in [4.69, 9.17) is 0 Å². The van der Waals surface area contributed by atoms with E-state index in [0.29, 0.717) is 24.1 Å². The molecule has 30 heavy (non-hydrogen) atoms. The number of aryl methyl sites for hydroxylation is 2. The van der Waals surface area contributed by atoms with Gasteiger partial charge in [0.05, 0.1) is 5.69 Å². The van der Waals surface area contributed by atoms with Gasteiger partial charge in [-0.05, 0) is 62.5 Å². The van der Waals surface area contributed by atoms with Crippen molar-refractivity contribution in [3.8, 4) is 17.0 Å². The van der Waals surface area contributed by atoms with Gasteiger partial charge in [0, 0.05) is 41.3 Å². The Labute approximate surface area is 179 Å². The van der Waals surface area contributed by atoms with Gasteiger partial charge in [0.2, 0.25) is 0 Å². The Kier molecular flexibility index (Phi) is 5.11. The van der Waals surface area contributed by atoms with Crippen molar-refractivity contribution in [3.63, 3.8) is 0 Å². The summed E-state index contributed by atoms with van der Waals surface area (Å²) >= 11 is 0. The second-order valence-corrected chi connectivity index (χ2v) is 8.08. The second kappa shape index (κ2) is 7.49. The minimum absolute atomic E-state index is 0. The van der Waals surface area contributed by atoms with Crippen molar-refractivity contribution in [1.29, 1.82) is 0 Å². The number of pyridine rings is 1. The van der Waals surface area contributed by atoms with Gasteiger partial charge >= 0.3 is 5.97 Å². The lowest BCUT2D eigenvalue weighted by Gasteiger charge is -2.21. The van der Waals surface area contributed by atoms with Crippen LogP contribution >= 0.6 is 12.4 Å². The van der Waals surface area contributed by atoms with E-state index in [2.05, 4.69) is 33.6 Å². The van der Waals surface area contributed by atoms with Gasteiger partial charge in [0.15, 0.2) is 5.56 Å². The molecule has 1 saturated heterocycles. The number of rotatable bonds is 3. The highest BCUT2D eigenvalue weighted by atomic mass is 35.5. The largest absolute Gasteiger partial charge is 0.506 e. The average Bonchev–Trinajstić information content (AvgIpc) is 3.29. The van der Waals surface area contributed by atoms with Crippen molar-refractivity contribution in [3.05, 3.63) is 50.9 Å². The molecule has 1 aliphatic heterocycles. The number of halogens is 1. The first kappa shape index (κ1) is 20.5. The molecule has 1 aromatic carbocycles. The quantitative estimate of drug-likeness (QED) is 0.594. The summed E-state index contributed by atoms with van der Waals surface area (Å²) in [6.07, 6.45) is 3.68. The number of fused-ring (bicyclic) bond motifs is 4. The first-order valence-corrected chi connectivity index (χ1v) is 9.99. The van der Waals surface area contributed by atoms with Gasteiger partial charge in [-0.3, -0.25) is 9.69 Å². The minimum atomic E-state index is -1.41. The smallest absolute Gasteiger partial charge is 0.345 e. The number of aromatic carboxylic acids is 1. The predicted molar refractivity (Wildman–Crippen MR) is 117 cm³/mol. The van der Waals surface area contributed by atoms with Crippen LogP contribution in [0.3, 0.4) is 0 Å². The van der Waals surface area contributed by atoms with Crippen molar-refractivity contribution in [1.82, 2.24) is 14.5 Å². The monoisotopic (exact) mass is 429 g/mol. The lowest BCUT2D eigenvalue weighted by Crippen LogP contribution is -2.22. The van der Waals surface area contributed by atoms with E-state index in [9.17, 15) is 19.8 Å². The number of hydrogen-bond acceptors (Lipinski definition) is 4. The van der Waals surface area contributed by atoms with Gasteiger partial charge in [0.1, 0.15) is 5.75 Å². The topological polar surface area (TPSA) is 98.6 Å². The van der Waals surface area contributed by atoms with E-state index in [-0.39, 0.29) is 12.4 Å². The molecule has 8 heteroatoms. The molecule has 0 radical (unpaired) electrons. The Morgan fingerprint density at radius 2 is 1.90 bits per heavy atom. The summed E-state index contributed by atoms with van der Waals surface area (Å²) in [4.78, 5) is 28.8. The number of benzene rings is 1. The molecule has 3 heterocycles. The van der Waals surface area contributed by atoms with Gasteiger partial charge in [-0.1, -0.05) is 0 Å². The van der Waals surface area contributed by atoms with Gasteiger partial charge in [0.25, 0.3) is 5.56 Å². The molecule has 0 saturated carbocycles. The van der Waals surface area contributed by atoms with Crippen LogP contribution < -0.4 is 5.56 Å². The van der Waals surface area contributed by atoms with Crippen molar-refractivity contribution in [2.45, 2.75) is 32.2 Å². The zero-order valence-electron chi connectivity index (χ0n) is 16.7. The van der Waals surface area contributed by atoms with E-state index >= 15 is 0 Å². The number of nitrogens with one attached hydrogen (secondary N) is 1. The van der Waals surface area contributed by atoms with E-state index in [1.54, 1.807) is 0 Å². The maximum absolute atomic E-state index is 12.3. The van der Waals surface area contributed by atoms with Gasteiger partial charge in [-0.2, -0.15) is 0 Å². The Morgan fingerprint density at radius 3 is 2.60 bits per heavy atom. The summed E-state index contributed by atoms with van der Waals surface area (Å²) in [5, 5.41) is 20.7. The fourth-order valence-electron chi connectivity index (χ4n) is 4.81. The molecule has 0 bridgehead atoms. The van der Waals surface area contributed by atoms with Crippen LogP contribution in [0.2, 0.25) is 0 Å². The third-order valence-electron chi connectivity index (χ3n) is 6.37. The molecular weight excluding hydrogens is 406 g/mol. The van der Waals surface area contributed by atoms with E-state index in [1.807, 2.05) is 6.07 Å². The second-order valence-electron chi connectivity index (χ2n) is 8.08. The predicted octanol–water partition coefficient (Wildman–Crippen LogP) is 3.05. The van der Waals surface area contributed by atoms with Crippen molar-refractivity contribution >= 4 is 29.3 Å². The van der Waals surface area contributed by atoms with E-state index < -0.39 is 22.8 Å². The highest BCUT2D eigenvalue weighted by Gasteiger charge is 2.27. The first-order chi connectivity index (χ1) is 13.9. The highest BCUT2D eigenvalue weighted by Crippen LogP contribution is 2.39. The fourth-order valence-corrected chi connectivity index (χ4v) is 4.81. The lowest BCUT2D eigenvalue weighted by molar-refractivity contribution is 0.0691. The molecule has 158 valence electrons. The molecular formula is C22H24ClN3O4. The Hall–Kier alpha value is -2.77. The molecule has 1 fully saturated rings. The number of hydrogen-bond donors (Lipinski definition) is 3. The molecule has 0 spiro atoms. The molecule has 7 nitrogen and oxygen atoms in total. The minimum Gasteiger partial charge on any atom is -0.506 e. The van der Waals surface area contributed by atoms with Crippen LogP contribution in [0.25, 0.3) is 22.2 Å². The normalized spacial score (nSPS) is 15.6. The molecule has 1 aliphatic carbocycles. The fraction of sp³-hybridized carbons (Fsp3) is 0.364.